The summed E-state index contributed by atoms with van der Waals surface area (Å²) in [4.78, 5) is 32.0. The first kappa shape index (κ1) is 19.7. The number of benzene rings is 1. The molecule has 0 spiro atoms. The van der Waals surface area contributed by atoms with Crippen LogP contribution in [-0.2, 0) is 4.79 Å². The predicted octanol–water partition coefficient (Wildman–Crippen LogP) is 3.01. The molecule has 6 rings (SSSR count). The minimum atomic E-state index is -0.198. The maximum atomic E-state index is 12.0. The van der Waals surface area contributed by atoms with Gasteiger partial charge in [0.2, 0.25) is 5.91 Å². The molecule has 3 aromatic rings. The standard InChI is InChI=1S/C25H22N6O2/c1-2-20(32)31-10-9-16(12-31)22-23-21(24(26)28-13-27-23)17(29-22)7-3-14-4-8-19-18(11-14)30-25(33-19)15-5-6-15/h2,4,8,11,13,15-16,22H,1,5-6,9-10,12H2,(H2,26,27,28)/t16-,22?/m0/s1. The number of hydrogen-bond acceptors (Lipinski definition) is 7. The number of nitrogens with zero attached hydrogens (tertiary/aromatic N) is 5. The van der Waals surface area contributed by atoms with E-state index in [-0.39, 0.29) is 17.9 Å². The molecule has 2 atom stereocenters. The fraction of sp³-hybridized carbons (Fsp3) is 0.320. The second-order valence-corrected chi connectivity index (χ2v) is 8.74. The van der Waals surface area contributed by atoms with Crippen LogP contribution in [0.1, 0.15) is 53.9 Å². The van der Waals surface area contributed by atoms with Crippen molar-refractivity contribution in [2.45, 2.75) is 31.2 Å². The molecule has 0 bridgehead atoms. The van der Waals surface area contributed by atoms with Gasteiger partial charge in [-0.1, -0.05) is 12.5 Å². The molecule has 1 amide bonds. The number of aliphatic imine (C=N–C) groups is 1. The molecule has 2 N–H and O–H groups in total. The van der Waals surface area contributed by atoms with Crippen molar-refractivity contribution in [3.8, 4) is 11.8 Å². The number of fused-ring (bicyclic) bond motifs is 2. The Morgan fingerprint density at radius 3 is 2.94 bits per heavy atom. The van der Waals surface area contributed by atoms with Crippen LogP contribution in [0.3, 0.4) is 0 Å². The number of carbonyl (C=O) groups is 1. The van der Waals surface area contributed by atoms with E-state index in [0.717, 1.165) is 47.5 Å². The van der Waals surface area contributed by atoms with E-state index in [1.54, 1.807) is 4.90 Å². The van der Waals surface area contributed by atoms with Gasteiger partial charge in [0, 0.05) is 30.5 Å². The van der Waals surface area contributed by atoms with Crippen molar-refractivity contribution in [1.29, 1.82) is 0 Å². The largest absolute Gasteiger partial charge is 0.440 e. The molecule has 2 aliphatic heterocycles. The number of aromatic nitrogens is 3. The third-order valence-electron chi connectivity index (χ3n) is 6.50. The number of rotatable bonds is 3. The van der Waals surface area contributed by atoms with Crippen LogP contribution in [0.25, 0.3) is 11.1 Å². The summed E-state index contributed by atoms with van der Waals surface area (Å²) < 4.78 is 5.84. The molecule has 1 saturated carbocycles. The van der Waals surface area contributed by atoms with Crippen molar-refractivity contribution in [2.24, 2.45) is 10.9 Å². The highest BCUT2D eigenvalue weighted by molar-refractivity contribution is 6.18. The molecule has 3 aliphatic rings. The van der Waals surface area contributed by atoms with E-state index in [1.807, 2.05) is 18.2 Å². The lowest BCUT2D eigenvalue weighted by atomic mass is 9.95. The lowest BCUT2D eigenvalue weighted by molar-refractivity contribution is -0.125. The first-order chi connectivity index (χ1) is 16.1. The van der Waals surface area contributed by atoms with Gasteiger partial charge >= 0.3 is 0 Å². The highest BCUT2D eigenvalue weighted by atomic mass is 16.3. The Morgan fingerprint density at radius 1 is 1.24 bits per heavy atom. The molecule has 164 valence electrons. The third kappa shape index (κ3) is 3.46. The van der Waals surface area contributed by atoms with Gasteiger partial charge in [0.1, 0.15) is 23.4 Å². The van der Waals surface area contributed by atoms with Gasteiger partial charge < -0.3 is 15.1 Å². The molecule has 1 saturated heterocycles. The number of likely N-dealkylation sites (tertiary alicyclic amines) is 1. The van der Waals surface area contributed by atoms with Crippen LogP contribution in [0.2, 0.25) is 0 Å². The van der Waals surface area contributed by atoms with Gasteiger partial charge in [0.25, 0.3) is 0 Å². The molecule has 8 heteroatoms. The molecule has 8 nitrogen and oxygen atoms in total. The molecular formula is C25H22N6O2. The Bertz CT molecular complexity index is 1390. The molecular weight excluding hydrogens is 416 g/mol. The summed E-state index contributed by atoms with van der Waals surface area (Å²) in [5, 5.41) is 0. The summed E-state index contributed by atoms with van der Waals surface area (Å²) in [6.07, 6.45) is 5.94. The molecule has 33 heavy (non-hydrogen) atoms. The molecule has 4 heterocycles. The lowest BCUT2D eigenvalue weighted by Gasteiger charge is -2.17. The van der Waals surface area contributed by atoms with Gasteiger partial charge in [-0.05, 0) is 49.5 Å². The quantitative estimate of drug-likeness (QED) is 0.497. The molecule has 2 fully saturated rings. The van der Waals surface area contributed by atoms with Gasteiger partial charge in [-0.25, -0.2) is 15.0 Å². The minimum absolute atomic E-state index is 0.0602. The van der Waals surface area contributed by atoms with Crippen LogP contribution in [0.5, 0.6) is 0 Å². The number of nitrogen functional groups attached to an aromatic ring is 1. The number of nitrogens with two attached hydrogens (primary N) is 1. The summed E-state index contributed by atoms with van der Waals surface area (Å²) in [5.41, 5.74) is 10.7. The number of carbonyl (C=O) groups excluding carboxylic acids is 1. The van der Waals surface area contributed by atoms with Gasteiger partial charge in [-0.15, -0.1) is 0 Å². The summed E-state index contributed by atoms with van der Waals surface area (Å²) in [6.45, 7) is 4.87. The Morgan fingerprint density at radius 2 is 2.12 bits per heavy atom. The monoisotopic (exact) mass is 438 g/mol. The summed E-state index contributed by atoms with van der Waals surface area (Å²) in [7, 11) is 0. The molecule has 1 aliphatic carbocycles. The van der Waals surface area contributed by atoms with E-state index in [2.05, 4.69) is 33.4 Å². The molecule has 0 radical (unpaired) electrons. The van der Waals surface area contributed by atoms with Crippen LogP contribution < -0.4 is 5.73 Å². The smallest absolute Gasteiger partial charge is 0.245 e. The zero-order valence-electron chi connectivity index (χ0n) is 18.0. The summed E-state index contributed by atoms with van der Waals surface area (Å²) in [6, 6.07) is 5.57. The lowest BCUT2D eigenvalue weighted by Crippen LogP contribution is -2.27. The van der Waals surface area contributed by atoms with Gasteiger partial charge in [-0.3, -0.25) is 9.79 Å². The van der Waals surface area contributed by atoms with Gasteiger partial charge in [0.05, 0.1) is 17.3 Å². The first-order valence-electron chi connectivity index (χ1n) is 11.1. The van der Waals surface area contributed by atoms with Crippen molar-refractivity contribution >= 4 is 28.5 Å². The van der Waals surface area contributed by atoms with E-state index < -0.39 is 0 Å². The van der Waals surface area contributed by atoms with E-state index in [4.69, 9.17) is 15.1 Å². The maximum Gasteiger partial charge on any atom is 0.245 e. The van der Waals surface area contributed by atoms with E-state index in [0.29, 0.717) is 36.1 Å². The average Bonchev–Trinajstić information content (AvgIpc) is 3.24. The number of anilines is 1. The zero-order chi connectivity index (χ0) is 22.5. The summed E-state index contributed by atoms with van der Waals surface area (Å²) in [5.74, 6) is 8.12. The van der Waals surface area contributed by atoms with Crippen molar-refractivity contribution in [1.82, 2.24) is 19.9 Å². The number of hydrogen-bond donors (Lipinski definition) is 1. The molecule has 2 aromatic heterocycles. The first-order valence-corrected chi connectivity index (χ1v) is 11.1. The van der Waals surface area contributed by atoms with Crippen molar-refractivity contribution < 1.29 is 9.21 Å². The molecule has 1 unspecified atom stereocenters. The van der Waals surface area contributed by atoms with Gasteiger partial charge in [0.15, 0.2) is 11.5 Å². The molecule has 1 aromatic carbocycles. The Balaban J connectivity index is 1.32. The zero-order valence-corrected chi connectivity index (χ0v) is 18.0. The van der Waals surface area contributed by atoms with Gasteiger partial charge in [-0.2, -0.15) is 0 Å². The topological polar surface area (TPSA) is 110 Å². The van der Waals surface area contributed by atoms with Crippen molar-refractivity contribution in [2.75, 3.05) is 18.8 Å². The number of amides is 1. The fourth-order valence-corrected chi connectivity index (χ4v) is 4.60. The Labute approximate surface area is 190 Å². The third-order valence-corrected chi connectivity index (χ3v) is 6.50. The Kier molecular flexibility index (Phi) is 4.50. The van der Waals surface area contributed by atoms with Crippen LogP contribution in [0.4, 0.5) is 5.82 Å². The fourth-order valence-electron chi connectivity index (χ4n) is 4.60. The predicted molar refractivity (Wildman–Crippen MR) is 123 cm³/mol. The van der Waals surface area contributed by atoms with Crippen LogP contribution in [-0.4, -0.2) is 44.6 Å². The Hall–Kier alpha value is -3.99. The van der Waals surface area contributed by atoms with Crippen LogP contribution in [0, 0.1) is 17.8 Å². The second kappa shape index (κ2) is 7.55. The highest BCUT2D eigenvalue weighted by Gasteiger charge is 2.38. The van der Waals surface area contributed by atoms with E-state index in [9.17, 15) is 4.79 Å². The van der Waals surface area contributed by atoms with E-state index in [1.165, 1.54) is 12.4 Å². The number of oxazole rings is 1. The maximum absolute atomic E-state index is 12.0. The SMILES string of the molecule is C=CC(=O)N1CC[C@H](C2N=C(C#Cc3ccc4oc(C5CC5)nc4c3)c3c(N)ncnc32)C1. The van der Waals surface area contributed by atoms with Crippen molar-refractivity contribution in [3.63, 3.8) is 0 Å². The van der Waals surface area contributed by atoms with E-state index >= 15 is 0 Å². The van der Waals surface area contributed by atoms with Crippen molar-refractivity contribution in [3.05, 3.63) is 59.9 Å². The second-order valence-electron chi connectivity index (χ2n) is 8.74. The van der Waals surface area contributed by atoms with Crippen LogP contribution >= 0.6 is 0 Å². The minimum Gasteiger partial charge on any atom is -0.440 e. The highest BCUT2D eigenvalue weighted by Crippen LogP contribution is 2.41. The van der Waals surface area contributed by atoms with Crippen LogP contribution in [0.15, 0.2) is 46.6 Å². The normalized spacial score (nSPS) is 21.5. The summed E-state index contributed by atoms with van der Waals surface area (Å²) >= 11 is 0. The average molecular weight is 438 g/mol.